The van der Waals surface area contributed by atoms with Gasteiger partial charge < -0.3 is 5.32 Å². The molecule has 1 aromatic carbocycles. The van der Waals surface area contributed by atoms with E-state index in [1.165, 1.54) is 6.07 Å². The van der Waals surface area contributed by atoms with Crippen molar-refractivity contribution in [1.29, 1.82) is 0 Å². The number of nitrogens with zero attached hydrogens (tertiary/aromatic N) is 3. The van der Waals surface area contributed by atoms with Crippen LogP contribution in [0.5, 0.6) is 0 Å². The van der Waals surface area contributed by atoms with Crippen molar-refractivity contribution in [3.05, 3.63) is 40.7 Å². The van der Waals surface area contributed by atoms with Gasteiger partial charge in [-0.25, -0.2) is 9.13 Å². The van der Waals surface area contributed by atoms with Crippen molar-refractivity contribution in [2.45, 2.75) is 10.1 Å². The average molecular weight is 279 g/mol. The van der Waals surface area contributed by atoms with Crippen molar-refractivity contribution in [2.75, 3.05) is 12.4 Å². The fourth-order valence-electron chi connectivity index (χ4n) is 1.76. The van der Waals surface area contributed by atoms with Gasteiger partial charge >= 0.3 is 5.16 Å². The van der Waals surface area contributed by atoms with Crippen LogP contribution in [-0.4, -0.2) is 16.5 Å². The number of nitrogens with one attached hydrogen (secondary N) is 1. The fraction of sp³-hybridized carbons (Fsp3) is 0.250. The molecule has 0 amide bonds. The summed E-state index contributed by atoms with van der Waals surface area (Å²) >= 11 is 1.56. The third-order valence-electron chi connectivity index (χ3n) is 2.76. The minimum atomic E-state index is -0.386. The van der Waals surface area contributed by atoms with Crippen LogP contribution in [0.2, 0.25) is 0 Å². The molecule has 0 unspecified atom stereocenters. The Bertz CT molecular complexity index is 605. The largest absolute Gasteiger partial charge is 0.383 e. The van der Waals surface area contributed by atoms with Crippen LogP contribution in [0.4, 0.5) is 11.4 Å². The summed E-state index contributed by atoms with van der Waals surface area (Å²) in [4.78, 5) is 11.4. The average Bonchev–Trinajstić information content (AvgIpc) is 2.70. The van der Waals surface area contributed by atoms with Crippen LogP contribution in [0, 0.1) is 10.1 Å². The Morgan fingerprint density at radius 1 is 1.47 bits per heavy atom. The highest BCUT2D eigenvalue weighted by Gasteiger charge is 2.17. The molecule has 0 saturated carbocycles. The van der Waals surface area contributed by atoms with Gasteiger partial charge in [0.15, 0.2) is 0 Å². The highest BCUT2D eigenvalue weighted by atomic mass is 32.2. The van der Waals surface area contributed by atoms with Gasteiger partial charge in [-0.2, -0.15) is 0 Å². The lowest BCUT2D eigenvalue weighted by atomic mass is 10.3. The van der Waals surface area contributed by atoms with Gasteiger partial charge in [0, 0.05) is 18.0 Å². The summed E-state index contributed by atoms with van der Waals surface area (Å²) in [7, 11) is 5.61. The lowest BCUT2D eigenvalue weighted by Crippen LogP contribution is -2.28. The minimum absolute atomic E-state index is 0.0862. The topological polar surface area (TPSA) is 64.0 Å². The predicted octanol–water partition coefficient (Wildman–Crippen LogP) is 1.95. The zero-order valence-corrected chi connectivity index (χ0v) is 11.8. The number of nitro groups is 1. The summed E-state index contributed by atoms with van der Waals surface area (Å²) < 4.78 is 4.01. The van der Waals surface area contributed by atoms with E-state index in [4.69, 9.17) is 0 Å². The molecule has 0 atom stereocenters. The zero-order chi connectivity index (χ0) is 14.0. The second kappa shape index (κ2) is 5.31. The number of aryl methyl sites for hydroxylation is 2. The third kappa shape index (κ3) is 2.70. The number of rotatable bonds is 4. The number of hydrogen-bond acceptors (Lipinski definition) is 4. The summed E-state index contributed by atoms with van der Waals surface area (Å²) in [5.41, 5.74) is 0.606. The Balaban J connectivity index is 2.34. The lowest BCUT2D eigenvalue weighted by molar-refractivity contribution is -0.709. The van der Waals surface area contributed by atoms with E-state index in [0.717, 1.165) is 10.1 Å². The Morgan fingerprint density at radius 3 is 2.74 bits per heavy atom. The van der Waals surface area contributed by atoms with Crippen molar-refractivity contribution in [3.63, 3.8) is 0 Å². The first-order valence-electron chi connectivity index (χ1n) is 5.68. The molecule has 2 rings (SSSR count). The van der Waals surface area contributed by atoms with Crippen LogP contribution in [0.1, 0.15) is 0 Å². The highest BCUT2D eigenvalue weighted by molar-refractivity contribution is 7.99. The molecule has 6 nitrogen and oxygen atoms in total. The van der Waals surface area contributed by atoms with Crippen LogP contribution in [0.25, 0.3) is 0 Å². The first-order chi connectivity index (χ1) is 9.02. The van der Waals surface area contributed by atoms with Crippen LogP contribution in [0.15, 0.2) is 40.6 Å². The van der Waals surface area contributed by atoms with E-state index in [0.29, 0.717) is 5.69 Å². The summed E-state index contributed by atoms with van der Waals surface area (Å²) in [6, 6.07) is 5.07. The molecular formula is C12H15N4O2S+. The number of imidazole rings is 1. The van der Waals surface area contributed by atoms with Crippen molar-refractivity contribution in [3.8, 4) is 0 Å². The Morgan fingerprint density at radius 2 is 2.21 bits per heavy atom. The van der Waals surface area contributed by atoms with E-state index in [-0.39, 0.29) is 10.6 Å². The fourth-order valence-corrected chi connectivity index (χ4v) is 2.70. The van der Waals surface area contributed by atoms with E-state index in [1.807, 2.05) is 35.6 Å². The van der Waals surface area contributed by atoms with Gasteiger partial charge in [0.05, 0.1) is 19.0 Å². The molecule has 0 aliphatic heterocycles. The van der Waals surface area contributed by atoms with Gasteiger partial charge in [-0.15, -0.1) is 0 Å². The molecule has 2 aromatic rings. The van der Waals surface area contributed by atoms with Crippen molar-refractivity contribution in [2.24, 2.45) is 14.1 Å². The van der Waals surface area contributed by atoms with E-state index < -0.39 is 0 Å². The molecule has 0 radical (unpaired) electrons. The molecule has 7 heteroatoms. The van der Waals surface area contributed by atoms with Gasteiger partial charge in [0.2, 0.25) is 0 Å². The van der Waals surface area contributed by atoms with Crippen LogP contribution in [-0.2, 0) is 14.1 Å². The monoisotopic (exact) mass is 279 g/mol. The number of nitro benzene ring substituents is 1. The molecule has 0 aliphatic rings. The quantitative estimate of drug-likeness (QED) is 0.528. The number of benzene rings is 1. The van der Waals surface area contributed by atoms with E-state index in [9.17, 15) is 10.1 Å². The maximum Gasteiger partial charge on any atom is 0.322 e. The number of aromatic nitrogens is 2. The molecule has 1 heterocycles. The number of hydrogen-bond donors (Lipinski definition) is 1. The standard InChI is InChI=1S/C12H15N4O2S/c1-13-10-8-9(4-5-11(10)16(17)18)19-12-14(2)6-7-15(12)3/h4-8,13H,1-3H3/q+1. The van der Waals surface area contributed by atoms with E-state index >= 15 is 0 Å². The Kier molecular flexibility index (Phi) is 3.75. The molecular weight excluding hydrogens is 264 g/mol. The molecule has 1 aromatic heterocycles. The predicted molar refractivity (Wildman–Crippen MR) is 73.4 cm³/mol. The van der Waals surface area contributed by atoms with Gasteiger partial charge in [-0.1, -0.05) is 0 Å². The minimum Gasteiger partial charge on any atom is -0.383 e. The molecule has 100 valence electrons. The zero-order valence-electron chi connectivity index (χ0n) is 11.0. The molecule has 0 fully saturated rings. The normalized spacial score (nSPS) is 10.5. The van der Waals surface area contributed by atoms with Gasteiger partial charge in [-0.05, 0) is 23.9 Å². The molecule has 19 heavy (non-hydrogen) atoms. The second-order valence-corrected chi connectivity index (χ2v) is 5.13. The molecule has 0 bridgehead atoms. The molecule has 1 N–H and O–H groups in total. The summed E-state index contributed by atoms with van der Waals surface area (Å²) in [5.74, 6) is 0. The molecule has 0 saturated heterocycles. The van der Waals surface area contributed by atoms with Crippen molar-refractivity contribution in [1.82, 2.24) is 4.57 Å². The maximum atomic E-state index is 10.9. The molecule has 0 aliphatic carbocycles. The smallest absolute Gasteiger partial charge is 0.322 e. The summed E-state index contributed by atoms with van der Waals surface area (Å²) in [6.07, 6.45) is 3.93. The van der Waals surface area contributed by atoms with Crippen LogP contribution < -0.4 is 9.88 Å². The van der Waals surface area contributed by atoms with E-state index in [1.54, 1.807) is 30.9 Å². The van der Waals surface area contributed by atoms with Crippen molar-refractivity contribution < 1.29 is 9.49 Å². The Hall–Kier alpha value is -2.02. The maximum absolute atomic E-state index is 10.9. The van der Waals surface area contributed by atoms with Gasteiger partial charge in [0.1, 0.15) is 18.1 Å². The SMILES string of the molecule is CNc1cc(Sc2n(C)cc[n+]2C)ccc1[N+](=O)[O-]. The van der Waals surface area contributed by atoms with Gasteiger partial charge in [-0.3, -0.25) is 10.1 Å². The first kappa shape index (κ1) is 13.4. The summed E-state index contributed by atoms with van der Waals surface area (Å²) in [6.45, 7) is 0. The molecule has 0 spiro atoms. The van der Waals surface area contributed by atoms with E-state index in [2.05, 4.69) is 5.32 Å². The first-order valence-corrected chi connectivity index (χ1v) is 6.49. The van der Waals surface area contributed by atoms with Crippen LogP contribution >= 0.6 is 11.8 Å². The van der Waals surface area contributed by atoms with Gasteiger partial charge in [0.25, 0.3) is 5.69 Å². The van der Waals surface area contributed by atoms with Crippen LogP contribution in [0.3, 0.4) is 0 Å². The second-order valence-electron chi connectivity index (χ2n) is 4.09. The Labute approximate surface area is 115 Å². The third-order valence-corrected chi connectivity index (χ3v) is 4.01. The summed E-state index contributed by atoms with van der Waals surface area (Å²) in [5, 5.41) is 14.8. The lowest BCUT2D eigenvalue weighted by Gasteiger charge is -2.04. The van der Waals surface area contributed by atoms with Crippen molar-refractivity contribution >= 4 is 23.1 Å². The number of anilines is 1. The highest BCUT2D eigenvalue weighted by Crippen LogP contribution is 2.32.